The molecule has 1 heterocycles. The number of nitrogens with zero attached hydrogens (tertiary/aromatic N) is 1. The SMILES string of the molecule is COc1ccc(C(=O)NN=Cc2ccsc2)cc1I. The molecule has 0 fully saturated rings. The van der Waals surface area contributed by atoms with Crippen LogP contribution in [0.3, 0.4) is 0 Å². The van der Waals surface area contributed by atoms with Gasteiger partial charge in [0.05, 0.1) is 16.9 Å². The second-order valence-electron chi connectivity index (χ2n) is 3.61. The molecule has 0 aliphatic rings. The lowest BCUT2D eigenvalue weighted by Crippen LogP contribution is -2.17. The van der Waals surface area contributed by atoms with E-state index in [1.165, 1.54) is 0 Å². The van der Waals surface area contributed by atoms with Gasteiger partial charge in [-0.2, -0.15) is 16.4 Å². The van der Waals surface area contributed by atoms with Crippen molar-refractivity contribution in [3.05, 3.63) is 49.7 Å². The molecule has 2 rings (SSSR count). The van der Waals surface area contributed by atoms with Gasteiger partial charge >= 0.3 is 0 Å². The number of ether oxygens (including phenoxy) is 1. The molecule has 0 radical (unpaired) electrons. The smallest absolute Gasteiger partial charge is 0.271 e. The Morgan fingerprint density at radius 1 is 1.47 bits per heavy atom. The van der Waals surface area contributed by atoms with Crippen LogP contribution in [0, 0.1) is 3.57 Å². The Labute approximate surface area is 128 Å². The van der Waals surface area contributed by atoms with Crippen LogP contribution in [0.4, 0.5) is 0 Å². The number of nitrogens with one attached hydrogen (secondary N) is 1. The van der Waals surface area contributed by atoms with Crippen molar-refractivity contribution in [2.45, 2.75) is 0 Å². The fourth-order valence-corrected chi connectivity index (χ4v) is 2.73. The zero-order chi connectivity index (χ0) is 13.7. The summed E-state index contributed by atoms with van der Waals surface area (Å²) in [6.45, 7) is 0. The van der Waals surface area contributed by atoms with Gasteiger partial charge in [-0.05, 0) is 57.6 Å². The molecule has 1 aromatic heterocycles. The Hall–Kier alpha value is -1.41. The highest BCUT2D eigenvalue weighted by Crippen LogP contribution is 2.21. The lowest BCUT2D eigenvalue weighted by Gasteiger charge is -2.05. The maximum Gasteiger partial charge on any atom is 0.271 e. The van der Waals surface area contributed by atoms with E-state index in [4.69, 9.17) is 4.74 Å². The summed E-state index contributed by atoms with van der Waals surface area (Å²) in [6, 6.07) is 7.15. The van der Waals surface area contributed by atoms with Crippen molar-refractivity contribution in [2.24, 2.45) is 5.10 Å². The first-order valence-electron chi connectivity index (χ1n) is 5.40. The fourth-order valence-electron chi connectivity index (χ4n) is 1.39. The van der Waals surface area contributed by atoms with Crippen LogP contribution < -0.4 is 10.2 Å². The van der Waals surface area contributed by atoms with E-state index in [-0.39, 0.29) is 5.91 Å². The molecule has 6 heteroatoms. The third kappa shape index (κ3) is 3.77. The zero-order valence-corrected chi connectivity index (χ0v) is 13.1. The Bertz CT molecular complexity index is 597. The lowest BCUT2D eigenvalue weighted by atomic mass is 10.2. The number of rotatable bonds is 4. The van der Waals surface area contributed by atoms with Crippen molar-refractivity contribution in [1.29, 1.82) is 0 Å². The number of hydrogen-bond donors (Lipinski definition) is 1. The minimum atomic E-state index is -0.243. The summed E-state index contributed by atoms with van der Waals surface area (Å²) in [5.41, 5.74) is 4.01. The van der Waals surface area contributed by atoms with E-state index in [0.29, 0.717) is 5.56 Å². The topological polar surface area (TPSA) is 50.7 Å². The molecule has 0 aliphatic carbocycles. The van der Waals surface area contributed by atoms with Gasteiger partial charge < -0.3 is 4.74 Å². The van der Waals surface area contributed by atoms with Crippen LogP contribution in [-0.2, 0) is 0 Å². The molecule has 0 saturated carbocycles. The Kier molecular flexibility index (Phi) is 4.92. The highest BCUT2D eigenvalue weighted by molar-refractivity contribution is 14.1. The summed E-state index contributed by atoms with van der Waals surface area (Å²) in [6.07, 6.45) is 1.61. The summed E-state index contributed by atoms with van der Waals surface area (Å²) in [4.78, 5) is 11.9. The molecule has 98 valence electrons. The van der Waals surface area contributed by atoms with Crippen molar-refractivity contribution in [3.8, 4) is 5.75 Å². The van der Waals surface area contributed by atoms with Crippen LogP contribution in [0.25, 0.3) is 0 Å². The summed E-state index contributed by atoms with van der Waals surface area (Å²) >= 11 is 3.71. The maximum absolute atomic E-state index is 11.9. The van der Waals surface area contributed by atoms with Crippen LogP contribution in [-0.4, -0.2) is 19.2 Å². The molecule has 1 N–H and O–H groups in total. The molecule has 2 aromatic rings. The zero-order valence-electron chi connectivity index (χ0n) is 10.1. The molecule has 0 bridgehead atoms. The highest BCUT2D eigenvalue weighted by Gasteiger charge is 2.07. The van der Waals surface area contributed by atoms with Gasteiger partial charge in [0, 0.05) is 11.1 Å². The van der Waals surface area contributed by atoms with Gasteiger partial charge in [-0.15, -0.1) is 0 Å². The molecule has 0 aliphatic heterocycles. The molecule has 19 heavy (non-hydrogen) atoms. The molecule has 1 aromatic carbocycles. The van der Waals surface area contributed by atoms with Crippen LogP contribution in [0.2, 0.25) is 0 Å². The number of methoxy groups -OCH3 is 1. The second kappa shape index (κ2) is 6.67. The largest absolute Gasteiger partial charge is 0.496 e. The van der Waals surface area contributed by atoms with Crippen LogP contribution in [0.1, 0.15) is 15.9 Å². The minimum Gasteiger partial charge on any atom is -0.496 e. The first-order valence-corrected chi connectivity index (χ1v) is 7.42. The molecule has 0 atom stereocenters. The highest BCUT2D eigenvalue weighted by atomic mass is 127. The molecule has 1 amide bonds. The van der Waals surface area contributed by atoms with Crippen molar-refractivity contribution in [3.63, 3.8) is 0 Å². The van der Waals surface area contributed by atoms with Crippen molar-refractivity contribution < 1.29 is 9.53 Å². The van der Waals surface area contributed by atoms with Crippen molar-refractivity contribution in [1.82, 2.24) is 5.43 Å². The van der Waals surface area contributed by atoms with Gasteiger partial charge in [-0.1, -0.05) is 0 Å². The molecular weight excluding hydrogens is 375 g/mol. The molecular formula is C13H11IN2O2S. The summed E-state index contributed by atoms with van der Waals surface area (Å²) in [7, 11) is 1.60. The van der Waals surface area contributed by atoms with Gasteiger partial charge in [0.1, 0.15) is 5.75 Å². The van der Waals surface area contributed by atoms with E-state index < -0.39 is 0 Å². The quantitative estimate of drug-likeness (QED) is 0.499. The van der Waals surface area contributed by atoms with Crippen molar-refractivity contribution >= 4 is 46.0 Å². The van der Waals surface area contributed by atoms with E-state index in [9.17, 15) is 4.79 Å². The number of hydrazone groups is 1. The number of benzene rings is 1. The Morgan fingerprint density at radius 2 is 2.32 bits per heavy atom. The first kappa shape index (κ1) is 14.0. The first-order chi connectivity index (χ1) is 9.20. The lowest BCUT2D eigenvalue weighted by molar-refractivity contribution is 0.0955. The van der Waals surface area contributed by atoms with Crippen LogP contribution in [0.15, 0.2) is 40.1 Å². The molecule has 0 saturated heterocycles. The number of carbonyl (C=O) groups is 1. The fraction of sp³-hybridized carbons (Fsp3) is 0.0769. The van der Waals surface area contributed by atoms with Crippen molar-refractivity contribution in [2.75, 3.05) is 7.11 Å². The summed E-state index contributed by atoms with van der Waals surface area (Å²) in [5, 5.41) is 7.81. The Morgan fingerprint density at radius 3 is 2.95 bits per heavy atom. The minimum absolute atomic E-state index is 0.243. The average Bonchev–Trinajstić information content (AvgIpc) is 2.91. The third-order valence-electron chi connectivity index (χ3n) is 2.34. The van der Waals surface area contributed by atoms with Crippen LogP contribution in [0.5, 0.6) is 5.75 Å². The van der Waals surface area contributed by atoms with E-state index >= 15 is 0 Å². The van der Waals surface area contributed by atoms with E-state index in [1.54, 1.807) is 42.9 Å². The normalized spacial score (nSPS) is 10.6. The van der Waals surface area contributed by atoms with E-state index in [1.807, 2.05) is 16.8 Å². The van der Waals surface area contributed by atoms with E-state index in [0.717, 1.165) is 14.9 Å². The third-order valence-corrected chi connectivity index (χ3v) is 3.88. The number of carbonyl (C=O) groups excluding carboxylic acids is 1. The van der Waals surface area contributed by atoms with E-state index in [2.05, 4.69) is 33.1 Å². The van der Waals surface area contributed by atoms with Crippen LogP contribution >= 0.6 is 33.9 Å². The second-order valence-corrected chi connectivity index (χ2v) is 5.55. The van der Waals surface area contributed by atoms with Gasteiger partial charge in [0.15, 0.2) is 0 Å². The maximum atomic E-state index is 11.9. The average molecular weight is 386 g/mol. The van der Waals surface area contributed by atoms with Gasteiger partial charge in [-0.25, -0.2) is 5.43 Å². The molecule has 0 spiro atoms. The van der Waals surface area contributed by atoms with Gasteiger partial charge in [0.25, 0.3) is 5.91 Å². The molecule has 4 nitrogen and oxygen atoms in total. The molecule has 0 unspecified atom stereocenters. The number of amides is 1. The number of thiophene rings is 1. The monoisotopic (exact) mass is 386 g/mol. The summed E-state index contributed by atoms with van der Waals surface area (Å²) in [5.74, 6) is 0.506. The standard InChI is InChI=1S/C13H11IN2O2S/c1-18-12-3-2-10(6-11(12)14)13(17)16-15-7-9-4-5-19-8-9/h2-8H,1H3,(H,16,17). The Balaban J connectivity index is 2.02. The summed E-state index contributed by atoms with van der Waals surface area (Å²) < 4.78 is 6.03. The predicted octanol–water partition coefficient (Wildman–Crippen LogP) is 3.13. The predicted molar refractivity (Wildman–Crippen MR) is 85.1 cm³/mol. The number of hydrogen-bond acceptors (Lipinski definition) is 4. The van der Waals surface area contributed by atoms with Gasteiger partial charge in [-0.3, -0.25) is 4.79 Å². The number of halogens is 1. The van der Waals surface area contributed by atoms with Gasteiger partial charge in [0.2, 0.25) is 0 Å².